The van der Waals surface area contributed by atoms with Crippen LogP contribution in [0.4, 0.5) is 0 Å². The summed E-state index contributed by atoms with van der Waals surface area (Å²) in [6.45, 7) is 0. The predicted molar refractivity (Wildman–Crippen MR) is 175 cm³/mol. The zero-order valence-electron chi connectivity index (χ0n) is 24.0. The molecule has 5 aliphatic rings. The van der Waals surface area contributed by atoms with E-state index in [4.69, 9.17) is 0 Å². The third-order valence-corrected chi connectivity index (χ3v) is 9.78. The van der Waals surface area contributed by atoms with Gasteiger partial charge in [-0.05, 0) is 116 Å². The maximum absolute atomic E-state index is 4.21. The maximum atomic E-state index is 4.21. The standard InChI is InChI=1S/C41H35N/c1-2-10-30(11-3-1)32-22-23-39(34-13-5-4-12-33(32)34)41-37-16-8-6-14-35(37)40(36-15-7-9-17-38(36)41)31-20-18-28(19-21-31)29-24-26-42-27-25-29/h1-2,4-10,12-18,20,24-27,35,37H,3,11,19,21-23H2. The van der Waals surface area contributed by atoms with E-state index in [9.17, 15) is 0 Å². The molecule has 1 heteroatoms. The summed E-state index contributed by atoms with van der Waals surface area (Å²) in [5.74, 6) is 0.686. The summed E-state index contributed by atoms with van der Waals surface area (Å²) < 4.78 is 0. The normalized spacial score (nSPS) is 22.6. The third-order valence-electron chi connectivity index (χ3n) is 9.78. The molecule has 1 nitrogen and oxygen atoms in total. The SMILES string of the molecule is C1=CCCC(C2=c3ccccc3=C(C3=c4ccccc4=C(C4=CC=C(c5ccncc5)CC4)C4C=CC=CC34)CC2)=C1. The van der Waals surface area contributed by atoms with Gasteiger partial charge in [-0.15, -0.1) is 0 Å². The van der Waals surface area contributed by atoms with E-state index in [1.54, 1.807) is 11.1 Å². The molecule has 1 heterocycles. The van der Waals surface area contributed by atoms with Crippen molar-refractivity contribution in [2.75, 3.05) is 0 Å². The molecule has 204 valence electrons. The van der Waals surface area contributed by atoms with Crippen LogP contribution < -0.4 is 20.9 Å². The monoisotopic (exact) mass is 541 g/mol. The lowest BCUT2D eigenvalue weighted by Crippen LogP contribution is -2.43. The molecule has 1 aromatic heterocycles. The van der Waals surface area contributed by atoms with Gasteiger partial charge in [-0.25, -0.2) is 0 Å². The van der Waals surface area contributed by atoms with Crippen molar-refractivity contribution in [1.82, 2.24) is 4.98 Å². The Morgan fingerprint density at radius 3 is 1.81 bits per heavy atom. The minimum atomic E-state index is 0.341. The molecule has 0 aliphatic heterocycles. The fourth-order valence-electron chi connectivity index (χ4n) is 7.89. The van der Waals surface area contributed by atoms with Gasteiger partial charge >= 0.3 is 0 Å². The van der Waals surface area contributed by atoms with Crippen molar-refractivity contribution in [1.29, 1.82) is 0 Å². The zero-order chi connectivity index (χ0) is 27.9. The van der Waals surface area contributed by atoms with Crippen LogP contribution >= 0.6 is 0 Å². The van der Waals surface area contributed by atoms with Gasteiger partial charge in [-0.3, -0.25) is 4.98 Å². The predicted octanol–water partition coefficient (Wildman–Crippen LogP) is 6.63. The van der Waals surface area contributed by atoms with Crippen LogP contribution in [0.15, 0.2) is 139 Å². The second kappa shape index (κ2) is 10.7. The van der Waals surface area contributed by atoms with Crippen LogP contribution in [0, 0.1) is 11.8 Å². The lowest BCUT2D eigenvalue weighted by Gasteiger charge is -2.36. The summed E-state index contributed by atoms with van der Waals surface area (Å²) >= 11 is 0. The Hall–Kier alpha value is -4.49. The minimum Gasteiger partial charge on any atom is -0.265 e. The van der Waals surface area contributed by atoms with Crippen molar-refractivity contribution in [3.05, 3.63) is 165 Å². The summed E-state index contributed by atoms with van der Waals surface area (Å²) in [5.41, 5.74) is 11.8. The highest BCUT2D eigenvalue weighted by atomic mass is 14.6. The molecule has 2 unspecified atom stereocenters. The Kier molecular flexibility index (Phi) is 6.45. The summed E-state index contributed by atoms with van der Waals surface area (Å²) in [6.07, 6.45) is 31.5. The second-order valence-electron chi connectivity index (χ2n) is 12.0. The molecule has 3 aromatic rings. The number of nitrogens with zero attached hydrogens (tertiary/aromatic N) is 1. The quantitative estimate of drug-likeness (QED) is 0.361. The molecule has 0 radical (unpaired) electrons. The molecular weight excluding hydrogens is 506 g/mol. The lowest BCUT2D eigenvalue weighted by molar-refractivity contribution is 0.681. The van der Waals surface area contributed by atoms with Gasteiger partial charge < -0.3 is 0 Å². The Labute approximate surface area is 248 Å². The molecule has 0 amide bonds. The third kappa shape index (κ3) is 4.27. The van der Waals surface area contributed by atoms with Crippen molar-refractivity contribution in [2.45, 2.75) is 38.5 Å². The molecule has 0 saturated heterocycles. The Morgan fingerprint density at radius 2 is 1.12 bits per heavy atom. The Bertz CT molecular complexity index is 2020. The highest BCUT2D eigenvalue weighted by Gasteiger charge is 2.34. The summed E-state index contributed by atoms with van der Waals surface area (Å²) in [6, 6.07) is 22.7. The number of aromatic nitrogens is 1. The van der Waals surface area contributed by atoms with Crippen LogP contribution in [0.25, 0.3) is 27.9 Å². The topological polar surface area (TPSA) is 12.9 Å². The smallest absolute Gasteiger partial charge is 0.0273 e. The van der Waals surface area contributed by atoms with Gasteiger partial charge in [-0.1, -0.05) is 103 Å². The second-order valence-corrected chi connectivity index (χ2v) is 12.0. The van der Waals surface area contributed by atoms with E-state index in [1.807, 2.05) is 12.4 Å². The molecule has 5 aliphatic carbocycles. The average molecular weight is 542 g/mol. The van der Waals surface area contributed by atoms with Gasteiger partial charge in [0.2, 0.25) is 0 Å². The van der Waals surface area contributed by atoms with Gasteiger partial charge in [0.05, 0.1) is 0 Å². The van der Waals surface area contributed by atoms with Gasteiger partial charge in [0.25, 0.3) is 0 Å². The van der Waals surface area contributed by atoms with Crippen LogP contribution in [-0.2, 0) is 0 Å². The van der Waals surface area contributed by atoms with E-state index in [0.717, 1.165) is 38.5 Å². The van der Waals surface area contributed by atoms with Gasteiger partial charge in [0.15, 0.2) is 0 Å². The number of pyridine rings is 1. The first kappa shape index (κ1) is 25.2. The zero-order valence-corrected chi connectivity index (χ0v) is 24.0. The van der Waals surface area contributed by atoms with Crippen LogP contribution in [0.3, 0.4) is 0 Å². The number of rotatable bonds is 4. The van der Waals surface area contributed by atoms with Crippen molar-refractivity contribution < 1.29 is 0 Å². The van der Waals surface area contributed by atoms with E-state index in [-0.39, 0.29) is 0 Å². The molecule has 2 atom stereocenters. The van der Waals surface area contributed by atoms with E-state index >= 15 is 0 Å². The maximum Gasteiger partial charge on any atom is 0.0273 e. The number of fused-ring (bicyclic) bond motifs is 3. The Balaban J connectivity index is 1.39. The number of allylic oxidation sites excluding steroid dienone is 12. The summed E-state index contributed by atoms with van der Waals surface area (Å²) in [5, 5.41) is 5.72. The van der Waals surface area contributed by atoms with E-state index in [0.29, 0.717) is 11.8 Å². The largest absolute Gasteiger partial charge is 0.265 e. The van der Waals surface area contributed by atoms with Crippen molar-refractivity contribution in [3.8, 4) is 0 Å². The van der Waals surface area contributed by atoms with Crippen molar-refractivity contribution in [2.24, 2.45) is 11.8 Å². The van der Waals surface area contributed by atoms with Crippen LogP contribution in [0.1, 0.15) is 44.1 Å². The number of benzene rings is 2. The minimum absolute atomic E-state index is 0.341. The van der Waals surface area contributed by atoms with Crippen LogP contribution in [0.5, 0.6) is 0 Å². The number of hydrogen-bond acceptors (Lipinski definition) is 1. The van der Waals surface area contributed by atoms with E-state index < -0.39 is 0 Å². The molecule has 42 heavy (non-hydrogen) atoms. The summed E-state index contributed by atoms with van der Waals surface area (Å²) in [4.78, 5) is 4.21. The first-order valence-electron chi connectivity index (χ1n) is 15.5. The molecule has 0 spiro atoms. The van der Waals surface area contributed by atoms with E-state index in [1.165, 1.54) is 54.3 Å². The van der Waals surface area contributed by atoms with Gasteiger partial charge in [0.1, 0.15) is 0 Å². The van der Waals surface area contributed by atoms with Crippen LogP contribution in [0.2, 0.25) is 0 Å². The Morgan fingerprint density at radius 1 is 0.500 bits per heavy atom. The van der Waals surface area contributed by atoms with Crippen LogP contribution in [-0.4, -0.2) is 4.98 Å². The van der Waals surface area contributed by atoms with Gasteiger partial charge in [0, 0.05) is 24.2 Å². The first-order valence-corrected chi connectivity index (χ1v) is 15.5. The highest BCUT2D eigenvalue weighted by Crippen LogP contribution is 2.44. The average Bonchev–Trinajstić information content (AvgIpc) is 3.08. The molecule has 0 N–H and O–H groups in total. The van der Waals surface area contributed by atoms with Crippen molar-refractivity contribution >= 4 is 27.9 Å². The molecule has 2 aromatic carbocycles. The molecule has 8 rings (SSSR count). The first-order chi connectivity index (χ1) is 20.9. The van der Waals surface area contributed by atoms with Crippen molar-refractivity contribution in [3.63, 3.8) is 0 Å². The van der Waals surface area contributed by atoms with Gasteiger partial charge in [-0.2, -0.15) is 0 Å². The molecule has 0 fully saturated rings. The highest BCUT2D eigenvalue weighted by molar-refractivity contribution is 5.95. The molecule has 0 saturated carbocycles. The fourth-order valence-corrected chi connectivity index (χ4v) is 7.89. The van der Waals surface area contributed by atoms with E-state index in [2.05, 4.69) is 120 Å². The fraction of sp³-hybridized carbons (Fsp3) is 0.195. The summed E-state index contributed by atoms with van der Waals surface area (Å²) in [7, 11) is 0. The lowest BCUT2D eigenvalue weighted by atomic mass is 9.67. The molecule has 0 bridgehead atoms. The molecular formula is C41H35N. The number of hydrogen-bond donors (Lipinski definition) is 0.